The molecule has 0 spiro atoms. The van der Waals surface area contributed by atoms with E-state index in [2.05, 4.69) is 9.97 Å². The monoisotopic (exact) mass is 338 g/mol. The summed E-state index contributed by atoms with van der Waals surface area (Å²) >= 11 is 0. The molecule has 0 bridgehead atoms. The minimum absolute atomic E-state index is 0.248. The van der Waals surface area contributed by atoms with E-state index >= 15 is 0 Å². The lowest BCUT2D eigenvalue weighted by molar-refractivity contribution is 0.324. The summed E-state index contributed by atoms with van der Waals surface area (Å²) in [7, 11) is 4.66. The Morgan fingerprint density at radius 1 is 0.960 bits per heavy atom. The molecule has 0 unspecified atom stereocenters. The van der Waals surface area contributed by atoms with Gasteiger partial charge in [-0.15, -0.1) is 0 Å². The number of rotatable bonds is 5. The van der Waals surface area contributed by atoms with Gasteiger partial charge in [0.2, 0.25) is 5.75 Å². The van der Waals surface area contributed by atoms with E-state index < -0.39 is 0 Å². The van der Waals surface area contributed by atoms with Crippen molar-refractivity contribution >= 4 is 23.2 Å². The van der Waals surface area contributed by atoms with Crippen LogP contribution in [0.3, 0.4) is 0 Å². The molecule has 2 aromatic carbocycles. The van der Waals surface area contributed by atoms with Gasteiger partial charge in [-0.05, 0) is 35.9 Å². The first-order valence-corrected chi connectivity index (χ1v) is 7.63. The summed E-state index contributed by atoms with van der Waals surface area (Å²) in [6, 6.07) is 11.0. The minimum atomic E-state index is -0.248. The number of aromatic amines is 1. The number of methoxy groups -OCH3 is 3. The average Bonchev–Trinajstić information content (AvgIpc) is 2.65. The van der Waals surface area contributed by atoms with Crippen LogP contribution in [0, 0.1) is 0 Å². The third-order valence-electron chi connectivity index (χ3n) is 3.75. The van der Waals surface area contributed by atoms with Crippen molar-refractivity contribution in [1.29, 1.82) is 0 Å². The zero-order valence-electron chi connectivity index (χ0n) is 14.2. The molecule has 0 saturated carbocycles. The van der Waals surface area contributed by atoms with Gasteiger partial charge in [0, 0.05) is 0 Å². The number of nitrogens with one attached hydrogen (secondary N) is 1. The van der Waals surface area contributed by atoms with Crippen LogP contribution in [0.15, 0.2) is 41.2 Å². The predicted octanol–water partition coefficient (Wildman–Crippen LogP) is 3.12. The molecular weight excluding hydrogens is 320 g/mol. The van der Waals surface area contributed by atoms with Gasteiger partial charge in [0.1, 0.15) is 5.69 Å². The Bertz CT molecular complexity index is 967. The highest BCUT2D eigenvalue weighted by Crippen LogP contribution is 2.38. The van der Waals surface area contributed by atoms with Crippen molar-refractivity contribution in [2.24, 2.45) is 0 Å². The molecule has 0 radical (unpaired) electrons. The van der Waals surface area contributed by atoms with Gasteiger partial charge >= 0.3 is 0 Å². The fourth-order valence-electron chi connectivity index (χ4n) is 2.53. The van der Waals surface area contributed by atoms with Crippen molar-refractivity contribution in [3.05, 3.63) is 58.0 Å². The summed E-state index contributed by atoms with van der Waals surface area (Å²) in [5, 5.41) is 0. The Hall–Kier alpha value is -3.28. The molecule has 3 aromatic rings. The average molecular weight is 338 g/mol. The van der Waals surface area contributed by atoms with Crippen LogP contribution in [0.1, 0.15) is 11.3 Å². The number of benzene rings is 2. The molecule has 0 aliphatic heterocycles. The van der Waals surface area contributed by atoms with E-state index in [0.29, 0.717) is 28.5 Å². The first-order chi connectivity index (χ1) is 12.2. The molecule has 6 nitrogen and oxygen atoms in total. The number of H-pyrrole nitrogens is 1. The molecule has 128 valence electrons. The standard InChI is InChI=1S/C19H18N2O4/c1-23-16-10-12(11-17(24-2)18(16)25-3)8-9-15-19(22)21-14-7-5-4-6-13(14)20-15/h4-11H,1-3H3,(H,21,22)/b9-8+. The maximum absolute atomic E-state index is 12.2. The second-order valence-corrected chi connectivity index (χ2v) is 5.26. The third-order valence-corrected chi connectivity index (χ3v) is 3.75. The number of ether oxygens (including phenoxy) is 3. The first kappa shape index (κ1) is 16.6. The van der Waals surface area contributed by atoms with Gasteiger partial charge in [0.25, 0.3) is 5.56 Å². The van der Waals surface area contributed by atoms with Crippen molar-refractivity contribution in [3.63, 3.8) is 0 Å². The van der Waals surface area contributed by atoms with Crippen molar-refractivity contribution in [1.82, 2.24) is 9.97 Å². The van der Waals surface area contributed by atoms with Crippen molar-refractivity contribution in [3.8, 4) is 17.2 Å². The molecule has 1 N–H and O–H groups in total. The van der Waals surface area contributed by atoms with Crippen LogP contribution in [0.25, 0.3) is 23.2 Å². The fraction of sp³-hybridized carbons (Fsp3) is 0.158. The zero-order chi connectivity index (χ0) is 17.8. The number of fused-ring (bicyclic) bond motifs is 1. The second kappa shape index (κ2) is 7.09. The highest BCUT2D eigenvalue weighted by molar-refractivity contribution is 5.77. The molecule has 3 rings (SSSR count). The number of hydrogen-bond donors (Lipinski definition) is 1. The molecule has 0 amide bonds. The van der Waals surface area contributed by atoms with Crippen LogP contribution < -0.4 is 19.8 Å². The summed E-state index contributed by atoms with van der Waals surface area (Å²) in [6.45, 7) is 0. The number of nitrogens with zero attached hydrogens (tertiary/aromatic N) is 1. The van der Waals surface area contributed by atoms with Gasteiger partial charge in [0.15, 0.2) is 11.5 Å². The SMILES string of the molecule is COc1cc(/C=C/c2nc3ccccc3[nH]c2=O)cc(OC)c1OC. The summed E-state index contributed by atoms with van der Waals surface area (Å²) in [5.41, 5.74) is 2.31. The molecule has 0 aliphatic rings. The number of aromatic nitrogens is 2. The molecule has 0 fully saturated rings. The van der Waals surface area contributed by atoms with E-state index in [0.717, 1.165) is 11.1 Å². The van der Waals surface area contributed by atoms with Crippen LogP contribution in [-0.2, 0) is 0 Å². The smallest absolute Gasteiger partial charge is 0.274 e. The van der Waals surface area contributed by atoms with Gasteiger partial charge in [-0.1, -0.05) is 18.2 Å². The van der Waals surface area contributed by atoms with Gasteiger partial charge < -0.3 is 19.2 Å². The van der Waals surface area contributed by atoms with Crippen molar-refractivity contribution < 1.29 is 14.2 Å². The van der Waals surface area contributed by atoms with Crippen LogP contribution >= 0.6 is 0 Å². The summed E-state index contributed by atoms with van der Waals surface area (Å²) in [4.78, 5) is 19.4. The van der Waals surface area contributed by atoms with Gasteiger partial charge in [-0.25, -0.2) is 4.98 Å². The topological polar surface area (TPSA) is 73.4 Å². The Kier molecular flexibility index (Phi) is 4.70. The summed E-state index contributed by atoms with van der Waals surface area (Å²) in [5.74, 6) is 1.60. The predicted molar refractivity (Wildman–Crippen MR) is 97.4 cm³/mol. The molecule has 25 heavy (non-hydrogen) atoms. The third kappa shape index (κ3) is 3.33. The Labute approximate surface area is 144 Å². The van der Waals surface area contributed by atoms with Crippen LogP contribution in [0.5, 0.6) is 17.2 Å². The number of para-hydroxylation sites is 2. The molecule has 0 atom stereocenters. The molecule has 1 heterocycles. The van der Waals surface area contributed by atoms with E-state index in [4.69, 9.17) is 14.2 Å². The van der Waals surface area contributed by atoms with Crippen molar-refractivity contribution in [2.45, 2.75) is 0 Å². The summed E-state index contributed by atoms with van der Waals surface area (Å²) in [6.07, 6.45) is 3.43. The van der Waals surface area contributed by atoms with Crippen LogP contribution in [0.4, 0.5) is 0 Å². The highest BCUT2D eigenvalue weighted by Gasteiger charge is 2.12. The molecular formula is C19H18N2O4. The normalized spacial score (nSPS) is 11.0. The Balaban J connectivity index is 2.02. The van der Waals surface area contributed by atoms with Crippen molar-refractivity contribution in [2.75, 3.05) is 21.3 Å². The van der Waals surface area contributed by atoms with E-state index in [-0.39, 0.29) is 5.56 Å². The van der Waals surface area contributed by atoms with Gasteiger partial charge in [-0.2, -0.15) is 0 Å². The molecule has 0 aliphatic carbocycles. The molecule has 1 aromatic heterocycles. The van der Waals surface area contributed by atoms with Crippen LogP contribution in [-0.4, -0.2) is 31.3 Å². The second-order valence-electron chi connectivity index (χ2n) is 5.26. The maximum Gasteiger partial charge on any atom is 0.274 e. The molecule has 0 saturated heterocycles. The Morgan fingerprint density at radius 3 is 2.28 bits per heavy atom. The number of hydrogen-bond acceptors (Lipinski definition) is 5. The first-order valence-electron chi connectivity index (χ1n) is 7.63. The largest absolute Gasteiger partial charge is 0.493 e. The lowest BCUT2D eigenvalue weighted by atomic mass is 10.1. The van der Waals surface area contributed by atoms with Crippen LogP contribution in [0.2, 0.25) is 0 Å². The highest BCUT2D eigenvalue weighted by atomic mass is 16.5. The fourth-order valence-corrected chi connectivity index (χ4v) is 2.53. The zero-order valence-corrected chi connectivity index (χ0v) is 14.2. The minimum Gasteiger partial charge on any atom is -0.493 e. The van der Waals surface area contributed by atoms with Gasteiger partial charge in [-0.3, -0.25) is 4.79 Å². The quantitative estimate of drug-likeness (QED) is 0.774. The Morgan fingerprint density at radius 2 is 1.64 bits per heavy atom. The lowest BCUT2D eigenvalue weighted by Crippen LogP contribution is -2.11. The maximum atomic E-state index is 12.2. The van der Waals surface area contributed by atoms with E-state index in [1.54, 1.807) is 45.6 Å². The van der Waals surface area contributed by atoms with E-state index in [9.17, 15) is 4.79 Å². The van der Waals surface area contributed by atoms with E-state index in [1.807, 2.05) is 24.3 Å². The molecule has 6 heteroatoms. The summed E-state index contributed by atoms with van der Waals surface area (Å²) < 4.78 is 16.0. The van der Waals surface area contributed by atoms with Gasteiger partial charge in [0.05, 0.1) is 32.4 Å². The van der Waals surface area contributed by atoms with E-state index in [1.165, 1.54) is 0 Å². The lowest BCUT2D eigenvalue weighted by Gasteiger charge is -2.12.